The number of piperazine rings is 1. The molecule has 2 heterocycles. The Balaban J connectivity index is 1.64. The third kappa shape index (κ3) is 3.45. The Morgan fingerprint density at radius 2 is 2.00 bits per heavy atom. The second kappa shape index (κ2) is 7.59. The van der Waals surface area contributed by atoms with Gasteiger partial charge in [-0.25, -0.2) is 0 Å². The predicted octanol–water partition coefficient (Wildman–Crippen LogP) is 3.27. The lowest BCUT2D eigenvalue weighted by Gasteiger charge is -2.38. The Bertz CT molecular complexity index is 712. The van der Waals surface area contributed by atoms with Crippen LogP contribution in [0.1, 0.15) is 40.8 Å². The molecule has 0 aliphatic carbocycles. The maximum absolute atomic E-state index is 12.7. The van der Waals surface area contributed by atoms with Gasteiger partial charge in [-0.05, 0) is 36.5 Å². The molecular formula is C17H21ClN4OS. The molecule has 1 atom stereocenters. The van der Waals surface area contributed by atoms with Gasteiger partial charge in [0, 0.05) is 37.2 Å². The van der Waals surface area contributed by atoms with E-state index in [1.165, 1.54) is 11.5 Å². The van der Waals surface area contributed by atoms with Crippen LogP contribution in [0.2, 0.25) is 5.02 Å². The lowest BCUT2D eigenvalue weighted by atomic mass is 10.1. The van der Waals surface area contributed by atoms with Crippen molar-refractivity contribution in [2.45, 2.75) is 26.3 Å². The molecule has 2 aromatic rings. The summed E-state index contributed by atoms with van der Waals surface area (Å²) in [5.74, 6) is 0.0619. The minimum Gasteiger partial charge on any atom is -0.335 e. The van der Waals surface area contributed by atoms with Crippen molar-refractivity contribution in [1.82, 2.24) is 19.4 Å². The van der Waals surface area contributed by atoms with Gasteiger partial charge < -0.3 is 4.90 Å². The lowest BCUT2D eigenvalue weighted by molar-refractivity contribution is 0.0585. The molecule has 3 rings (SSSR count). The molecule has 1 saturated heterocycles. The first-order chi connectivity index (χ1) is 11.6. The third-order valence-corrected chi connectivity index (χ3v) is 5.69. The van der Waals surface area contributed by atoms with Gasteiger partial charge in [-0.3, -0.25) is 9.69 Å². The van der Waals surface area contributed by atoms with Crippen LogP contribution in [0, 0.1) is 0 Å². The van der Waals surface area contributed by atoms with Gasteiger partial charge in [-0.1, -0.05) is 41.2 Å². The summed E-state index contributed by atoms with van der Waals surface area (Å²) >= 11 is 7.51. The van der Waals surface area contributed by atoms with Gasteiger partial charge in [0.25, 0.3) is 5.91 Å². The quantitative estimate of drug-likeness (QED) is 0.835. The van der Waals surface area contributed by atoms with E-state index < -0.39 is 0 Å². The summed E-state index contributed by atoms with van der Waals surface area (Å²) in [4.78, 5) is 17.6. The molecule has 1 unspecified atom stereocenters. The van der Waals surface area contributed by atoms with E-state index in [9.17, 15) is 4.79 Å². The van der Waals surface area contributed by atoms with Crippen LogP contribution in [-0.2, 0) is 6.42 Å². The minimum absolute atomic E-state index is 0.0619. The van der Waals surface area contributed by atoms with Crippen LogP contribution in [0.5, 0.6) is 0 Å². The van der Waals surface area contributed by atoms with Crippen LogP contribution in [0.15, 0.2) is 24.3 Å². The number of rotatable bonds is 4. The molecule has 24 heavy (non-hydrogen) atoms. The van der Waals surface area contributed by atoms with Gasteiger partial charge in [0.2, 0.25) is 0 Å². The highest BCUT2D eigenvalue weighted by Gasteiger charge is 2.28. The number of hydrogen-bond donors (Lipinski definition) is 0. The van der Waals surface area contributed by atoms with E-state index in [1.807, 2.05) is 30.0 Å². The number of aryl methyl sites for hydroxylation is 1. The Kier molecular flexibility index (Phi) is 5.48. The molecule has 0 spiro atoms. The van der Waals surface area contributed by atoms with E-state index >= 15 is 0 Å². The van der Waals surface area contributed by atoms with E-state index in [0.717, 1.165) is 35.8 Å². The van der Waals surface area contributed by atoms with Crippen molar-refractivity contribution in [3.05, 3.63) is 45.4 Å². The highest BCUT2D eigenvalue weighted by Crippen LogP contribution is 2.28. The zero-order valence-corrected chi connectivity index (χ0v) is 15.5. The fourth-order valence-corrected chi connectivity index (χ4v) is 4.08. The Morgan fingerprint density at radius 3 is 2.67 bits per heavy atom. The standard InChI is InChI=1S/C17H21ClN4OS/c1-3-15-16(24-20-19-15)17(23)22-10-8-21(9-11-22)12(2)13-6-4-5-7-14(13)18/h4-7,12H,3,8-11H2,1-2H3. The topological polar surface area (TPSA) is 49.3 Å². The average Bonchev–Trinajstić information content (AvgIpc) is 3.10. The third-order valence-electron chi connectivity index (χ3n) is 4.59. The molecule has 1 aromatic carbocycles. The average molecular weight is 365 g/mol. The molecule has 1 aliphatic heterocycles. The van der Waals surface area contributed by atoms with Crippen molar-refractivity contribution in [3.8, 4) is 0 Å². The monoisotopic (exact) mass is 364 g/mol. The van der Waals surface area contributed by atoms with Crippen molar-refractivity contribution in [3.63, 3.8) is 0 Å². The zero-order chi connectivity index (χ0) is 17.1. The predicted molar refractivity (Wildman–Crippen MR) is 96.6 cm³/mol. The van der Waals surface area contributed by atoms with Crippen LogP contribution < -0.4 is 0 Å². The van der Waals surface area contributed by atoms with Gasteiger partial charge in [0.05, 0.1) is 5.69 Å². The Labute approximate surface area is 151 Å². The number of halogens is 1. The summed E-state index contributed by atoms with van der Waals surface area (Å²) in [7, 11) is 0. The van der Waals surface area contributed by atoms with Gasteiger partial charge >= 0.3 is 0 Å². The normalized spacial score (nSPS) is 17.0. The largest absolute Gasteiger partial charge is 0.335 e. The Morgan fingerprint density at radius 1 is 1.29 bits per heavy atom. The summed E-state index contributed by atoms with van der Waals surface area (Å²) in [6, 6.07) is 8.20. The van der Waals surface area contributed by atoms with Crippen molar-refractivity contribution < 1.29 is 4.79 Å². The first-order valence-electron chi connectivity index (χ1n) is 8.20. The van der Waals surface area contributed by atoms with Crippen LogP contribution >= 0.6 is 23.1 Å². The molecule has 0 saturated carbocycles. The molecule has 7 heteroatoms. The number of benzene rings is 1. The maximum atomic E-state index is 12.7. The molecule has 1 aromatic heterocycles. The van der Waals surface area contributed by atoms with E-state index in [2.05, 4.69) is 27.5 Å². The highest BCUT2D eigenvalue weighted by atomic mass is 35.5. The van der Waals surface area contributed by atoms with Crippen molar-refractivity contribution in [2.75, 3.05) is 26.2 Å². The summed E-state index contributed by atoms with van der Waals surface area (Å²) in [6.07, 6.45) is 0.737. The number of carbonyl (C=O) groups is 1. The molecule has 0 radical (unpaired) electrons. The molecule has 1 aliphatic rings. The van der Waals surface area contributed by atoms with Crippen LogP contribution in [-0.4, -0.2) is 51.5 Å². The molecule has 128 valence electrons. The van der Waals surface area contributed by atoms with E-state index in [1.54, 1.807) is 0 Å². The number of carbonyl (C=O) groups excluding carboxylic acids is 1. The SMILES string of the molecule is CCc1nnsc1C(=O)N1CCN(C(C)c2ccccc2Cl)CC1. The number of hydrogen-bond acceptors (Lipinski definition) is 5. The van der Waals surface area contributed by atoms with Gasteiger partial charge in [-0.15, -0.1) is 5.10 Å². The van der Waals surface area contributed by atoms with Gasteiger partial charge in [0.15, 0.2) is 0 Å². The van der Waals surface area contributed by atoms with Crippen LogP contribution in [0.3, 0.4) is 0 Å². The number of aromatic nitrogens is 2. The van der Waals surface area contributed by atoms with Crippen LogP contribution in [0.25, 0.3) is 0 Å². The summed E-state index contributed by atoms with van der Waals surface area (Å²) in [6.45, 7) is 7.28. The second-order valence-electron chi connectivity index (χ2n) is 5.93. The first kappa shape index (κ1) is 17.3. The first-order valence-corrected chi connectivity index (χ1v) is 9.36. The molecule has 1 amide bonds. The second-order valence-corrected chi connectivity index (χ2v) is 7.09. The fraction of sp³-hybridized carbons (Fsp3) is 0.471. The summed E-state index contributed by atoms with van der Waals surface area (Å²) < 4.78 is 3.92. The molecular weight excluding hydrogens is 344 g/mol. The van der Waals surface area contributed by atoms with Crippen molar-refractivity contribution >= 4 is 29.0 Å². The number of amides is 1. The lowest BCUT2D eigenvalue weighted by Crippen LogP contribution is -2.49. The molecule has 0 N–H and O–H groups in total. The fourth-order valence-electron chi connectivity index (χ4n) is 3.07. The maximum Gasteiger partial charge on any atom is 0.267 e. The van der Waals surface area contributed by atoms with E-state index in [4.69, 9.17) is 11.6 Å². The minimum atomic E-state index is 0.0619. The van der Waals surface area contributed by atoms with E-state index in [0.29, 0.717) is 18.0 Å². The van der Waals surface area contributed by atoms with Crippen LogP contribution in [0.4, 0.5) is 0 Å². The number of nitrogens with zero attached hydrogens (tertiary/aromatic N) is 4. The van der Waals surface area contributed by atoms with Crippen molar-refractivity contribution in [2.24, 2.45) is 0 Å². The highest BCUT2D eigenvalue weighted by molar-refractivity contribution is 7.08. The van der Waals surface area contributed by atoms with E-state index in [-0.39, 0.29) is 11.9 Å². The summed E-state index contributed by atoms with van der Waals surface area (Å²) in [5, 5.41) is 4.84. The smallest absolute Gasteiger partial charge is 0.267 e. The Hall–Kier alpha value is -1.50. The van der Waals surface area contributed by atoms with Gasteiger partial charge in [-0.2, -0.15) is 0 Å². The molecule has 1 fully saturated rings. The van der Waals surface area contributed by atoms with Gasteiger partial charge in [0.1, 0.15) is 4.88 Å². The zero-order valence-electron chi connectivity index (χ0n) is 13.9. The summed E-state index contributed by atoms with van der Waals surface area (Å²) in [5.41, 5.74) is 1.94. The molecule has 0 bridgehead atoms. The molecule has 5 nitrogen and oxygen atoms in total. The van der Waals surface area contributed by atoms with Crippen molar-refractivity contribution in [1.29, 1.82) is 0 Å².